The zero-order chi connectivity index (χ0) is 20.9. The van der Waals surface area contributed by atoms with Crippen molar-refractivity contribution in [2.24, 2.45) is 0 Å². The number of fused-ring (bicyclic) bond motifs is 1. The highest BCUT2D eigenvalue weighted by Gasteiger charge is 2.20. The van der Waals surface area contributed by atoms with Gasteiger partial charge >= 0.3 is 0 Å². The van der Waals surface area contributed by atoms with Gasteiger partial charge in [-0.05, 0) is 34.5 Å². The van der Waals surface area contributed by atoms with Gasteiger partial charge in [0.25, 0.3) is 0 Å². The Morgan fingerprint density at radius 1 is 1.00 bits per heavy atom. The number of nitrogens with one attached hydrogen (secondary N) is 1. The molecule has 0 bridgehead atoms. The van der Waals surface area contributed by atoms with Crippen molar-refractivity contribution in [3.8, 4) is 11.5 Å². The smallest absolute Gasteiger partial charge is 0.238 e. The van der Waals surface area contributed by atoms with Gasteiger partial charge in [0.2, 0.25) is 5.91 Å². The molecule has 1 aromatic heterocycles. The predicted molar refractivity (Wildman–Crippen MR) is 122 cm³/mol. The van der Waals surface area contributed by atoms with Gasteiger partial charge in [-0.25, -0.2) is 0 Å². The SMILES string of the molecule is COc1ccc(NC(=O)CN2CCN(Cc3csc4ccccc34)CC2)cc1OC. The van der Waals surface area contributed by atoms with E-state index in [1.54, 1.807) is 26.4 Å². The number of nitrogens with zero attached hydrogens (tertiary/aromatic N) is 2. The molecule has 1 saturated heterocycles. The number of piperazine rings is 1. The van der Waals surface area contributed by atoms with Gasteiger partial charge in [0.15, 0.2) is 11.5 Å². The maximum Gasteiger partial charge on any atom is 0.238 e. The lowest BCUT2D eigenvalue weighted by Gasteiger charge is -2.34. The summed E-state index contributed by atoms with van der Waals surface area (Å²) in [6, 6.07) is 14.0. The van der Waals surface area contributed by atoms with E-state index >= 15 is 0 Å². The first-order valence-electron chi connectivity index (χ1n) is 10.1. The van der Waals surface area contributed by atoms with Gasteiger partial charge in [-0.3, -0.25) is 14.6 Å². The number of amides is 1. The quantitative estimate of drug-likeness (QED) is 0.626. The van der Waals surface area contributed by atoms with Crippen molar-refractivity contribution in [3.63, 3.8) is 0 Å². The minimum Gasteiger partial charge on any atom is -0.493 e. The summed E-state index contributed by atoms with van der Waals surface area (Å²) in [5.41, 5.74) is 2.11. The molecular formula is C23H27N3O3S. The summed E-state index contributed by atoms with van der Waals surface area (Å²) < 4.78 is 11.9. The van der Waals surface area contributed by atoms with Crippen LogP contribution >= 0.6 is 11.3 Å². The van der Waals surface area contributed by atoms with E-state index in [1.807, 2.05) is 17.4 Å². The fourth-order valence-corrected chi connectivity index (χ4v) is 4.77. The highest BCUT2D eigenvalue weighted by atomic mass is 32.1. The number of anilines is 1. The van der Waals surface area contributed by atoms with Crippen LogP contribution in [0.5, 0.6) is 11.5 Å². The largest absolute Gasteiger partial charge is 0.493 e. The number of hydrogen-bond acceptors (Lipinski definition) is 6. The van der Waals surface area contributed by atoms with Crippen LogP contribution in [0.15, 0.2) is 47.8 Å². The number of hydrogen-bond donors (Lipinski definition) is 1. The number of carbonyl (C=O) groups is 1. The summed E-state index contributed by atoms with van der Waals surface area (Å²) >= 11 is 1.81. The van der Waals surface area contributed by atoms with Crippen molar-refractivity contribution in [2.75, 3.05) is 52.3 Å². The van der Waals surface area contributed by atoms with E-state index < -0.39 is 0 Å². The third-order valence-corrected chi connectivity index (χ3v) is 6.47. The first-order valence-corrected chi connectivity index (χ1v) is 11.0. The average molecular weight is 426 g/mol. The molecule has 0 aliphatic carbocycles. The van der Waals surface area contributed by atoms with Crippen LogP contribution < -0.4 is 14.8 Å². The maximum atomic E-state index is 12.5. The first-order chi connectivity index (χ1) is 14.7. The minimum atomic E-state index is -0.0144. The first kappa shape index (κ1) is 20.7. The third kappa shape index (κ3) is 4.75. The van der Waals surface area contributed by atoms with Gasteiger partial charge in [0.1, 0.15) is 0 Å². The highest BCUT2D eigenvalue weighted by Crippen LogP contribution is 2.30. The Bertz CT molecular complexity index is 1010. The van der Waals surface area contributed by atoms with Crippen molar-refractivity contribution < 1.29 is 14.3 Å². The molecule has 4 rings (SSSR count). The molecule has 0 saturated carbocycles. The fraction of sp³-hybridized carbons (Fsp3) is 0.348. The van der Waals surface area contributed by atoms with Crippen molar-refractivity contribution in [2.45, 2.75) is 6.54 Å². The highest BCUT2D eigenvalue weighted by molar-refractivity contribution is 7.17. The molecule has 0 atom stereocenters. The Kier molecular flexibility index (Phi) is 6.52. The molecule has 2 heterocycles. The van der Waals surface area contributed by atoms with E-state index in [1.165, 1.54) is 15.6 Å². The third-order valence-electron chi connectivity index (χ3n) is 5.45. The van der Waals surface area contributed by atoms with E-state index in [-0.39, 0.29) is 5.91 Å². The lowest BCUT2D eigenvalue weighted by Crippen LogP contribution is -2.48. The molecule has 0 radical (unpaired) electrons. The lowest BCUT2D eigenvalue weighted by atomic mass is 10.1. The van der Waals surface area contributed by atoms with Crippen LogP contribution in [0.1, 0.15) is 5.56 Å². The number of rotatable bonds is 7. The molecule has 30 heavy (non-hydrogen) atoms. The number of methoxy groups -OCH3 is 2. The normalized spacial score (nSPS) is 15.3. The molecule has 1 N–H and O–H groups in total. The molecule has 2 aromatic carbocycles. The van der Waals surface area contributed by atoms with Crippen LogP contribution in [0, 0.1) is 0 Å². The van der Waals surface area contributed by atoms with Crippen LogP contribution in [-0.2, 0) is 11.3 Å². The fourth-order valence-electron chi connectivity index (χ4n) is 3.82. The molecule has 1 fully saturated rings. The number of carbonyl (C=O) groups excluding carboxylic acids is 1. The topological polar surface area (TPSA) is 54.0 Å². The average Bonchev–Trinajstić information content (AvgIpc) is 3.18. The zero-order valence-corrected chi connectivity index (χ0v) is 18.2. The zero-order valence-electron chi connectivity index (χ0n) is 17.4. The molecule has 1 aliphatic rings. The Hall–Kier alpha value is -2.61. The van der Waals surface area contributed by atoms with Gasteiger partial charge < -0.3 is 14.8 Å². The van der Waals surface area contributed by atoms with E-state index in [9.17, 15) is 4.79 Å². The summed E-state index contributed by atoms with van der Waals surface area (Å²) in [4.78, 5) is 17.2. The molecule has 1 aliphatic heterocycles. The van der Waals surface area contributed by atoms with Gasteiger partial charge in [-0.1, -0.05) is 18.2 Å². The standard InChI is InChI=1S/C23H27N3O3S/c1-28-20-8-7-18(13-21(20)29-2)24-23(27)15-26-11-9-25(10-12-26)14-17-16-30-22-6-4-3-5-19(17)22/h3-8,13,16H,9-12,14-15H2,1-2H3,(H,24,27). The van der Waals surface area contributed by atoms with Crippen LogP contribution in [0.3, 0.4) is 0 Å². The predicted octanol–water partition coefficient (Wildman–Crippen LogP) is 3.67. The van der Waals surface area contributed by atoms with E-state index in [4.69, 9.17) is 9.47 Å². The van der Waals surface area contributed by atoms with Crippen molar-refractivity contribution >= 4 is 33.0 Å². The minimum absolute atomic E-state index is 0.0144. The number of benzene rings is 2. The van der Waals surface area contributed by atoms with Gasteiger partial charge in [-0.15, -0.1) is 11.3 Å². The Labute approximate surface area is 181 Å². The Morgan fingerprint density at radius 3 is 2.50 bits per heavy atom. The summed E-state index contributed by atoms with van der Waals surface area (Å²) in [5.74, 6) is 1.23. The lowest BCUT2D eigenvalue weighted by molar-refractivity contribution is -0.117. The van der Waals surface area contributed by atoms with E-state index in [0.717, 1.165) is 32.7 Å². The maximum absolute atomic E-state index is 12.5. The van der Waals surface area contributed by atoms with Crippen LogP contribution in [0.2, 0.25) is 0 Å². The second-order valence-corrected chi connectivity index (χ2v) is 8.34. The summed E-state index contributed by atoms with van der Waals surface area (Å²) in [7, 11) is 3.18. The molecule has 7 heteroatoms. The molecule has 3 aromatic rings. The monoisotopic (exact) mass is 425 g/mol. The summed E-state index contributed by atoms with van der Waals surface area (Å²) in [6.07, 6.45) is 0. The Morgan fingerprint density at radius 2 is 1.73 bits per heavy atom. The molecule has 6 nitrogen and oxygen atoms in total. The van der Waals surface area contributed by atoms with Crippen molar-refractivity contribution in [1.82, 2.24) is 9.80 Å². The van der Waals surface area contributed by atoms with Crippen molar-refractivity contribution in [1.29, 1.82) is 0 Å². The molecule has 0 unspecified atom stereocenters. The summed E-state index contributed by atoms with van der Waals surface area (Å²) in [6.45, 7) is 5.07. The van der Waals surface area contributed by atoms with Gasteiger partial charge in [-0.2, -0.15) is 0 Å². The molecule has 1 amide bonds. The van der Waals surface area contributed by atoms with Crippen molar-refractivity contribution in [3.05, 3.63) is 53.4 Å². The number of thiophene rings is 1. The second kappa shape index (κ2) is 9.47. The summed E-state index contributed by atoms with van der Waals surface area (Å²) in [5, 5.41) is 6.59. The van der Waals surface area contributed by atoms with Gasteiger partial charge in [0, 0.05) is 49.2 Å². The molecule has 0 spiro atoms. The number of ether oxygens (including phenoxy) is 2. The van der Waals surface area contributed by atoms with Crippen LogP contribution in [0.25, 0.3) is 10.1 Å². The van der Waals surface area contributed by atoms with Crippen LogP contribution in [0.4, 0.5) is 5.69 Å². The van der Waals surface area contributed by atoms with E-state index in [0.29, 0.717) is 23.7 Å². The second-order valence-electron chi connectivity index (χ2n) is 7.43. The molecule has 158 valence electrons. The van der Waals surface area contributed by atoms with E-state index in [2.05, 4.69) is 44.8 Å². The Balaban J connectivity index is 1.27. The molecular weight excluding hydrogens is 398 g/mol. The van der Waals surface area contributed by atoms with Gasteiger partial charge in [0.05, 0.1) is 20.8 Å². The van der Waals surface area contributed by atoms with Crippen LogP contribution in [-0.4, -0.2) is 62.7 Å².